The molecule has 0 saturated heterocycles. The summed E-state index contributed by atoms with van der Waals surface area (Å²) in [6.07, 6.45) is -1.39. The molecular weight excluding hydrogens is 757 g/mol. The number of halogens is 2. The van der Waals surface area contributed by atoms with Crippen LogP contribution in [0.15, 0.2) is 89.7 Å². The topological polar surface area (TPSA) is 321 Å². The van der Waals surface area contributed by atoms with E-state index >= 15 is 0 Å². The Kier molecular flexibility index (Phi) is 11.7. The SMILES string of the molecule is Nc1cc(N)c(N=Nc2ccc(S(=O)(=O)CCSOOO)cc2S(=O)(=O)O)cc1N=Nc1cc(Nc2cc(F)nc(F)n2)ccc1S(=O)(=O)O. The predicted molar refractivity (Wildman–Crippen MR) is 171 cm³/mol. The Hall–Kier alpha value is -4.80. The Balaban J connectivity index is 1.68. The van der Waals surface area contributed by atoms with Crippen molar-refractivity contribution in [2.24, 2.45) is 20.5 Å². The molecule has 4 aromatic rings. The van der Waals surface area contributed by atoms with Crippen molar-refractivity contribution in [3.05, 3.63) is 66.6 Å². The first kappa shape index (κ1) is 38.0. The minimum Gasteiger partial charge on any atom is -0.397 e. The number of azo groups is 2. The minimum atomic E-state index is -5.06. The summed E-state index contributed by atoms with van der Waals surface area (Å²) in [5.74, 6) is -2.36. The molecule has 0 aliphatic rings. The third-order valence-corrected chi connectivity index (χ3v) is 10.2. The van der Waals surface area contributed by atoms with Gasteiger partial charge >= 0.3 is 6.08 Å². The molecule has 4 rings (SSSR count). The number of anilines is 4. The summed E-state index contributed by atoms with van der Waals surface area (Å²) >= 11 is 0.447. The van der Waals surface area contributed by atoms with Crippen LogP contribution in [0.2, 0.25) is 0 Å². The first-order chi connectivity index (χ1) is 23.4. The van der Waals surface area contributed by atoms with Gasteiger partial charge in [0.25, 0.3) is 20.2 Å². The van der Waals surface area contributed by atoms with Crippen LogP contribution < -0.4 is 16.8 Å². The molecule has 0 bridgehead atoms. The Morgan fingerprint density at radius 2 is 1.38 bits per heavy atom. The van der Waals surface area contributed by atoms with E-state index in [4.69, 9.17) is 16.7 Å². The Bertz CT molecular complexity index is 2310. The fraction of sp³-hybridized carbons (Fsp3) is 0.0833. The summed E-state index contributed by atoms with van der Waals surface area (Å²) in [5.41, 5.74) is 10.3. The summed E-state index contributed by atoms with van der Waals surface area (Å²) in [7, 11) is -14.1. The highest BCUT2D eigenvalue weighted by Gasteiger charge is 2.23. The number of hydrogen-bond acceptors (Lipinski definition) is 19. The van der Waals surface area contributed by atoms with Crippen molar-refractivity contribution in [1.82, 2.24) is 9.97 Å². The van der Waals surface area contributed by atoms with Gasteiger partial charge in [0.15, 0.2) is 9.84 Å². The van der Waals surface area contributed by atoms with Crippen LogP contribution in [-0.4, -0.2) is 61.1 Å². The summed E-state index contributed by atoms with van der Waals surface area (Å²) in [4.78, 5) is 4.04. The van der Waals surface area contributed by atoms with Gasteiger partial charge in [-0.15, -0.1) is 24.8 Å². The highest BCUT2D eigenvalue weighted by molar-refractivity contribution is 7.97. The lowest BCUT2D eigenvalue weighted by Crippen LogP contribution is -2.10. The largest absolute Gasteiger partial charge is 0.397 e. The summed E-state index contributed by atoms with van der Waals surface area (Å²) in [6.45, 7) is 0. The number of nitrogens with two attached hydrogens (primary N) is 2. The first-order valence-electron chi connectivity index (χ1n) is 12.9. The molecular formula is C24H21F2N9O11S4. The molecule has 26 heteroatoms. The van der Waals surface area contributed by atoms with Crippen LogP contribution in [0.3, 0.4) is 0 Å². The van der Waals surface area contributed by atoms with Gasteiger partial charge in [-0.1, -0.05) is 5.04 Å². The number of nitrogens with one attached hydrogen (secondary N) is 1. The molecule has 50 heavy (non-hydrogen) atoms. The maximum atomic E-state index is 13.5. The minimum absolute atomic E-state index is 0.00118. The van der Waals surface area contributed by atoms with Crippen LogP contribution in [0.25, 0.3) is 0 Å². The van der Waals surface area contributed by atoms with Crippen LogP contribution in [0.4, 0.5) is 54.4 Å². The molecule has 1 heterocycles. The Labute approximate surface area is 284 Å². The lowest BCUT2D eigenvalue weighted by molar-refractivity contribution is -0.432. The highest BCUT2D eigenvalue weighted by atomic mass is 32.2. The van der Waals surface area contributed by atoms with Crippen molar-refractivity contribution >= 4 is 87.7 Å². The fourth-order valence-electron chi connectivity index (χ4n) is 3.79. The molecule has 1 aromatic heterocycles. The summed E-state index contributed by atoms with van der Waals surface area (Å²) in [6, 6.07) is 8.64. The van der Waals surface area contributed by atoms with E-state index in [-0.39, 0.29) is 40.0 Å². The third-order valence-electron chi connectivity index (χ3n) is 5.97. The number of sulfone groups is 1. The van der Waals surface area contributed by atoms with Crippen molar-refractivity contribution in [3.63, 3.8) is 0 Å². The third kappa shape index (κ3) is 9.89. The van der Waals surface area contributed by atoms with Gasteiger partial charge in [0, 0.05) is 29.5 Å². The quantitative estimate of drug-likeness (QED) is 0.0115. The monoisotopic (exact) mass is 777 g/mol. The zero-order valence-corrected chi connectivity index (χ0v) is 27.7. The van der Waals surface area contributed by atoms with E-state index in [9.17, 15) is 43.1 Å². The second-order valence-corrected chi connectivity index (χ2v) is 15.1. The lowest BCUT2D eigenvalue weighted by atomic mass is 10.2. The van der Waals surface area contributed by atoms with Crippen LogP contribution in [0.5, 0.6) is 0 Å². The van der Waals surface area contributed by atoms with Crippen molar-refractivity contribution in [1.29, 1.82) is 0 Å². The molecule has 8 N–H and O–H groups in total. The van der Waals surface area contributed by atoms with E-state index in [1.54, 1.807) is 0 Å². The molecule has 0 fully saturated rings. The fourth-order valence-corrected chi connectivity index (χ4v) is 7.18. The molecule has 0 saturated carbocycles. The summed E-state index contributed by atoms with van der Waals surface area (Å²) in [5, 5.41) is 29.3. The van der Waals surface area contributed by atoms with Crippen LogP contribution >= 0.6 is 12.0 Å². The van der Waals surface area contributed by atoms with Crippen molar-refractivity contribution < 1.29 is 57.8 Å². The maximum absolute atomic E-state index is 13.5. The molecule has 0 amide bonds. The molecule has 266 valence electrons. The molecule has 0 radical (unpaired) electrons. The van der Waals surface area contributed by atoms with Crippen molar-refractivity contribution in [2.45, 2.75) is 14.7 Å². The first-order valence-corrected chi connectivity index (χ1v) is 18.4. The van der Waals surface area contributed by atoms with Crippen molar-refractivity contribution in [3.8, 4) is 0 Å². The number of hydrogen-bond donors (Lipinski definition) is 6. The second kappa shape index (κ2) is 15.4. The van der Waals surface area contributed by atoms with Gasteiger partial charge in [-0.25, -0.2) is 13.7 Å². The van der Waals surface area contributed by atoms with E-state index in [2.05, 4.69) is 45.1 Å². The van der Waals surface area contributed by atoms with Crippen molar-refractivity contribution in [2.75, 3.05) is 28.3 Å². The number of nitrogens with zero attached hydrogens (tertiary/aromatic N) is 6. The van der Waals surface area contributed by atoms with Crippen LogP contribution in [-0.2, 0) is 39.4 Å². The van der Waals surface area contributed by atoms with E-state index in [0.29, 0.717) is 18.1 Å². The number of aromatic nitrogens is 2. The molecule has 0 aliphatic carbocycles. The van der Waals surface area contributed by atoms with E-state index in [0.717, 1.165) is 48.5 Å². The zero-order valence-electron chi connectivity index (χ0n) is 24.4. The van der Waals surface area contributed by atoms with Gasteiger partial charge in [-0.2, -0.15) is 35.6 Å². The number of nitrogen functional groups attached to an aromatic ring is 2. The molecule has 0 aliphatic heterocycles. The maximum Gasteiger partial charge on any atom is 0.313 e. The molecule has 0 atom stereocenters. The Morgan fingerprint density at radius 1 is 0.760 bits per heavy atom. The van der Waals surface area contributed by atoms with Gasteiger partial charge in [0.2, 0.25) is 5.95 Å². The molecule has 3 aromatic carbocycles. The van der Waals surface area contributed by atoms with Gasteiger partial charge in [-0.05, 0) is 48.5 Å². The van der Waals surface area contributed by atoms with E-state index in [1.807, 2.05) is 0 Å². The average Bonchev–Trinajstić information content (AvgIpc) is 3.00. The Morgan fingerprint density at radius 3 is 1.98 bits per heavy atom. The lowest BCUT2D eigenvalue weighted by Gasteiger charge is -2.09. The van der Waals surface area contributed by atoms with E-state index in [1.165, 1.54) is 0 Å². The summed E-state index contributed by atoms with van der Waals surface area (Å²) < 4.78 is 124. The predicted octanol–water partition coefficient (Wildman–Crippen LogP) is 4.83. The molecule has 0 unspecified atom stereocenters. The molecule has 0 spiro atoms. The van der Waals surface area contributed by atoms with Gasteiger partial charge in [-0.3, -0.25) is 9.11 Å². The number of benzene rings is 3. The zero-order chi connectivity index (χ0) is 36.9. The average molecular weight is 778 g/mol. The van der Waals surface area contributed by atoms with E-state index < -0.39 is 73.9 Å². The van der Waals surface area contributed by atoms with Crippen LogP contribution in [0.1, 0.15) is 0 Å². The number of rotatable bonds is 14. The second-order valence-electron chi connectivity index (χ2n) is 9.39. The van der Waals surface area contributed by atoms with Gasteiger partial charge < -0.3 is 16.8 Å². The van der Waals surface area contributed by atoms with Crippen LogP contribution in [0, 0.1) is 12.0 Å². The standard InChI is InChI=1S/C24H21F2N9O11S4/c25-22-11-23(31-24(26)30-22)29-12-1-4-20(49(39,40)41)19(7-12)35-34-18-10-17(14(27)9-15(18)28)33-32-16-3-2-13(8-21(16)50(42,43)44)48(37,38)6-5-47-46-45-36/h1-4,7-11,36H,5-6,27-28H2,(H,29,30,31)(H,39,40,41)(H,42,43,44). The molecule has 20 nitrogen and oxygen atoms in total. The normalized spacial score (nSPS) is 12.6. The smallest absolute Gasteiger partial charge is 0.313 e. The van der Waals surface area contributed by atoms with Gasteiger partial charge in [0.05, 0.1) is 22.0 Å². The highest BCUT2D eigenvalue weighted by Crippen LogP contribution is 2.38. The van der Waals surface area contributed by atoms with Gasteiger partial charge in [0.1, 0.15) is 38.4 Å².